The molecule has 0 aromatic heterocycles. The standard InChI is InChI=1S/C14H23NO2S/c1-11(2)6-7-17-8-9-18(16)13-4-5-14(15)12(3)10-13/h4-5,10-11H,6-9,15H2,1-3H3. The van der Waals surface area contributed by atoms with Crippen molar-refractivity contribution in [3.8, 4) is 0 Å². The van der Waals surface area contributed by atoms with Crippen LogP contribution in [0.25, 0.3) is 0 Å². The van der Waals surface area contributed by atoms with Gasteiger partial charge in [0.25, 0.3) is 0 Å². The lowest BCUT2D eigenvalue weighted by atomic mass is 10.1. The van der Waals surface area contributed by atoms with E-state index in [9.17, 15) is 4.21 Å². The van der Waals surface area contributed by atoms with Gasteiger partial charge in [-0.15, -0.1) is 0 Å². The minimum absolute atomic E-state index is 0.543. The molecule has 0 fully saturated rings. The van der Waals surface area contributed by atoms with Crippen LogP contribution >= 0.6 is 0 Å². The Hall–Kier alpha value is -0.870. The number of ether oxygens (including phenoxy) is 1. The van der Waals surface area contributed by atoms with E-state index in [1.54, 1.807) is 0 Å². The monoisotopic (exact) mass is 269 g/mol. The largest absolute Gasteiger partial charge is 0.399 e. The summed E-state index contributed by atoms with van der Waals surface area (Å²) in [6, 6.07) is 5.52. The maximum absolute atomic E-state index is 12.0. The number of hydrogen-bond donors (Lipinski definition) is 1. The molecule has 1 atom stereocenters. The van der Waals surface area contributed by atoms with Gasteiger partial charge >= 0.3 is 0 Å². The number of aryl methyl sites for hydroxylation is 1. The number of nitrogen functional groups attached to an aromatic ring is 1. The Morgan fingerprint density at radius 2 is 2.06 bits per heavy atom. The lowest BCUT2D eigenvalue weighted by Crippen LogP contribution is -2.08. The van der Waals surface area contributed by atoms with E-state index >= 15 is 0 Å². The number of anilines is 1. The minimum atomic E-state index is -0.997. The predicted molar refractivity (Wildman–Crippen MR) is 77.1 cm³/mol. The molecule has 1 rings (SSSR count). The minimum Gasteiger partial charge on any atom is -0.399 e. The van der Waals surface area contributed by atoms with Gasteiger partial charge in [0, 0.05) is 17.2 Å². The van der Waals surface area contributed by atoms with E-state index in [1.807, 2.05) is 25.1 Å². The zero-order valence-corrected chi connectivity index (χ0v) is 12.3. The average Bonchev–Trinajstić information content (AvgIpc) is 2.31. The summed E-state index contributed by atoms with van der Waals surface area (Å²) in [4.78, 5) is 0.828. The lowest BCUT2D eigenvalue weighted by Gasteiger charge is -2.07. The topological polar surface area (TPSA) is 52.3 Å². The molecule has 0 spiro atoms. The van der Waals surface area contributed by atoms with Crippen molar-refractivity contribution in [2.24, 2.45) is 5.92 Å². The van der Waals surface area contributed by atoms with Crippen LogP contribution in [0.15, 0.2) is 23.1 Å². The molecule has 1 aromatic carbocycles. The molecule has 102 valence electrons. The van der Waals surface area contributed by atoms with Crippen molar-refractivity contribution in [1.29, 1.82) is 0 Å². The smallest absolute Gasteiger partial charge is 0.0585 e. The lowest BCUT2D eigenvalue weighted by molar-refractivity contribution is 0.138. The van der Waals surface area contributed by atoms with Crippen LogP contribution in [0.1, 0.15) is 25.8 Å². The quantitative estimate of drug-likeness (QED) is 0.611. The Morgan fingerprint density at radius 1 is 1.33 bits per heavy atom. The van der Waals surface area contributed by atoms with Crippen molar-refractivity contribution in [2.45, 2.75) is 32.1 Å². The molecule has 1 unspecified atom stereocenters. The Labute approximate surface area is 112 Å². The zero-order valence-electron chi connectivity index (χ0n) is 11.4. The molecule has 0 bridgehead atoms. The van der Waals surface area contributed by atoms with Gasteiger partial charge in [0.05, 0.1) is 23.2 Å². The summed E-state index contributed by atoms with van der Waals surface area (Å²) in [6.07, 6.45) is 1.05. The van der Waals surface area contributed by atoms with Crippen molar-refractivity contribution in [1.82, 2.24) is 0 Å². The van der Waals surface area contributed by atoms with Crippen molar-refractivity contribution >= 4 is 16.5 Å². The summed E-state index contributed by atoms with van der Waals surface area (Å²) >= 11 is 0. The van der Waals surface area contributed by atoms with Crippen LogP contribution in [0.3, 0.4) is 0 Å². The van der Waals surface area contributed by atoms with Gasteiger partial charge < -0.3 is 10.5 Å². The van der Waals surface area contributed by atoms with E-state index in [1.165, 1.54) is 0 Å². The fraction of sp³-hybridized carbons (Fsp3) is 0.571. The SMILES string of the molecule is Cc1cc(S(=O)CCOCCC(C)C)ccc1N. The van der Waals surface area contributed by atoms with Gasteiger partial charge in [-0.05, 0) is 43.0 Å². The summed E-state index contributed by atoms with van der Waals surface area (Å²) in [5, 5.41) is 0. The van der Waals surface area contributed by atoms with Crippen molar-refractivity contribution in [2.75, 3.05) is 24.7 Å². The molecular formula is C14H23NO2S. The molecule has 0 saturated carbocycles. The molecule has 18 heavy (non-hydrogen) atoms. The first kappa shape index (κ1) is 15.2. The fourth-order valence-corrected chi connectivity index (χ4v) is 2.50. The van der Waals surface area contributed by atoms with Crippen LogP contribution in [-0.2, 0) is 15.5 Å². The van der Waals surface area contributed by atoms with Gasteiger partial charge in [0.2, 0.25) is 0 Å². The van der Waals surface area contributed by atoms with Crippen LogP contribution in [-0.4, -0.2) is 23.2 Å². The van der Waals surface area contributed by atoms with E-state index in [0.29, 0.717) is 18.3 Å². The third-order valence-corrected chi connectivity index (χ3v) is 4.07. The van der Waals surface area contributed by atoms with Gasteiger partial charge in [-0.1, -0.05) is 13.8 Å². The molecule has 0 amide bonds. The summed E-state index contributed by atoms with van der Waals surface area (Å²) < 4.78 is 17.5. The van der Waals surface area contributed by atoms with Gasteiger partial charge in [-0.25, -0.2) is 0 Å². The maximum atomic E-state index is 12.0. The van der Waals surface area contributed by atoms with Crippen LogP contribution in [0, 0.1) is 12.8 Å². The van der Waals surface area contributed by atoms with Crippen molar-refractivity contribution in [3.05, 3.63) is 23.8 Å². The molecule has 4 heteroatoms. The van der Waals surface area contributed by atoms with E-state index < -0.39 is 10.8 Å². The van der Waals surface area contributed by atoms with Crippen molar-refractivity contribution in [3.63, 3.8) is 0 Å². The Bertz CT molecular complexity index is 405. The zero-order chi connectivity index (χ0) is 13.5. The number of nitrogens with two attached hydrogens (primary N) is 1. The van der Waals surface area contributed by atoms with Gasteiger partial charge in [0.1, 0.15) is 0 Å². The van der Waals surface area contributed by atoms with E-state index in [0.717, 1.165) is 29.2 Å². The Morgan fingerprint density at radius 3 is 2.67 bits per heavy atom. The molecule has 0 heterocycles. The number of hydrogen-bond acceptors (Lipinski definition) is 3. The van der Waals surface area contributed by atoms with Crippen LogP contribution in [0.5, 0.6) is 0 Å². The third-order valence-electron chi connectivity index (χ3n) is 2.76. The molecule has 0 aliphatic rings. The van der Waals surface area contributed by atoms with E-state index in [2.05, 4.69) is 13.8 Å². The fourth-order valence-electron chi connectivity index (χ4n) is 1.46. The number of rotatable bonds is 7. The number of benzene rings is 1. The second-order valence-electron chi connectivity index (χ2n) is 4.86. The van der Waals surface area contributed by atoms with Gasteiger partial charge in [0.15, 0.2) is 0 Å². The van der Waals surface area contributed by atoms with Crippen molar-refractivity contribution < 1.29 is 8.95 Å². The second kappa shape index (κ2) is 7.54. The highest BCUT2D eigenvalue weighted by Crippen LogP contribution is 2.15. The Kier molecular flexibility index (Phi) is 6.36. The normalized spacial score (nSPS) is 12.9. The molecule has 2 N–H and O–H groups in total. The molecule has 0 saturated heterocycles. The van der Waals surface area contributed by atoms with Gasteiger partial charge in [-0.2, -0.15) is 0 Å². The third kappa shape index (κ3) is 5.19. The summed E-state index contributed by atoms with van der Waals surface area (Å²) in [5.41, 5.74) is 7.45. The van der Waals surface area contributed by atoms with Gasteiger partial charge in [-0.3, -0.25) is 4.21 Å². The maximum Gasteiger partial charge on any atom is 0.0585 e. The first-order chi connectivity index (χ1) is 8.50. The average molecular weight is 269 g/mol. The molecule has 0 radical (unpaired) electrons. The van der Waals surface area contributed by atoms with Crippen LogP contribution in [0.2, 0.25) is 0 Å². The molecule has 1 aromatic rings. The summed E-state index contributed by atoms with van der Waals surface area (Å²) in [6.45, 7) is 7.55. The molecular weight excluding hydrogens is 246 g/mol. The molecule has 0 aliphatic carbocycles. The highest BCUT2D eigenvalue weighted by Gasteiger charge is 2.05. The van der Waals surface area contributed by atoms with E-state index in [4.69, 9.17) is 10.5 Å². The predicted octanol–water partition coefficient (Wildman–Crippen LogP) is 2.75. The van der Waals surface area contributed by atoms with E-state index in [-0.39, 0.29) is 0 Å². The first-order valence-corrected chi connectivity index (χ1v) is 7.65. The van der Waals surface area contributed by atoms with Crippen LogP contribution in [0.4, 0.5) is 5.69 Å². The molecule has 0 aliphatic heterocycles. The van der Waals surface area contributed by atoms with Crippen LogP contribution < -0.4 is 5.73 Å². The summed E-state index contributed by atoms with van der Waals surface area (Å²) in [7, 11) is -0.997. The highest BCUT2D eigenvalue weighted by atomic mass is 32.2. The second-order valence-corrected chi connectivity index (χ2v) is 6.43. The summed E-state index contributed by atoms with van der Waals surface area (Å²) in [5.74, 6) is 1.19. The Balaban J connectivity index is 2.34. The highest BCUT2D eigenvalue weighted by molar-refractivity contribution is 7.85. The molecule has 3 nitrogen and oxygen atoms in total. The first-order valence-electron chi connectivity index (χ1n) is 6.33.